The zero-order chi connectivity index (χ0) is 27.8. The number of hydrogen-bond acceptors (Lipinski definition) is 7. The molecule has 0 atom stereocenters. The van der Waals surface area contributed by atoms with Gasteiger partial charge in [0.25, 0.3) is 16.8 Å². The minimum absolute atomic E-state index is 0.0807. The van der Waals surface area contributed by atoms with Gasteiger partial charge < -0.3 is 14.2 Å². The number of thioether (sulfide) groups is 1. The molecule has 0 N–H and O–H groups in total. The van der Waals surface area contributed by atoms with Gasteiger partial charge >= 0.3 is 0 Å². The molecule has 200 valence electrons. The lowest BCUT2D eigenvalue weighted by Gasteiger charge is -2.29. The summed E-state index contributed by atoms with van der Waals surface area (Å²) in [5, 5.41) is 10.9. The quantitative estimate of drug-likeness (QED) is 0.251. The zero-order valence-corrected chi connectivity index (χ0v) is 22.5. The van der Waals surface area contributed by atoms with Gasteiger partial charge in [-0.05, 0) is 66.9 Å². The Morgan fingerprint density at radius 3 is 2.59 bits per heavy atom. The van der Waals surface area contributed by atoms with Crippen LogP contribution in [0.4, 0.5) is 10.5 Å². The largest absolute Gasteiger partial charge is 0.495 e. The van der Waals surface area contributed by atoms with Crippen LogP contribution in [0, 0.1) is 24.0 Å². The number of amides is 3. The molecule has 2 aliphatic rings. The number of rotatable bonds is 6. The van der Waals surface area contributed by atoms with E-state index in [0.717, 1.165) is 34.3 Å². The SMILES string of the molecule is COc1ccc([N+](=O)[O-])cc1-n1c(C)cc(/C=C2\SC(=O)N(CC(=O)N3CCc4ccccc4C3)C2=O)c1C. The molecule has 10 nitrogen and oxygen atoms in total. The molecule has 5 rings (SSSR count). The first-order chi connectivity index (χ1) is 18.7. The van der Waals surface area contributed by atoms with Gasteiger partial charge in [0.1, 0.15) is 12.3 Å². The van der Waals surface area contributed by atoms with Crippen LogP contribution in [0.2, 0.25) is 0 Å². The second kappa shape index (κ2) is 10.4. The standard InChI is InChI=1S/C28H26N4O6S/c1-17-12-21(18(2)31(17)23-14-22(32(36)37)8-9-24(23)38-3)13-25-27(34)30(28(35)39-25)16-26(33)29-11-10-19-6-4-5-7-20(19)15-29/h4-9,12-14H,10-11,15-16H2,1-3H3/b25-13-. The fraction of sp³-hybridized carbons (Fsp3) is 0.250. The van der Waals surface area contributed by atoms with Crippen molar-refractivity contribution in [1.82, 2.24) is 14.4 Å². The molecule has 2 aliphatic heterocycles. The number of non-ortho nitro benzene ring substituents is 1. The first kappa shape index (κ1) is 26.2. The Bertz CT molecular complexity index is 1560. The van der Waals surface area contributed by atoms with Crippen molar-refractivity contribution < 1.29 is 24.0 Å². The summed E-state index contributed by atoms with van der Waals surface area (Å²) in [6.45, 7) is 4.33. The van der Waals surface area contributed by atoms with Crippen LogP contribution >= 0.6 is 11.8 Å². The molecular weight excluding hydrogens is 520 g/mol. The second-order valence-corrected chi connectivity index (χ2v) is 10.4. The first-order valence-electron chi connectivity index (χ1n) is 12.3. The van der Waals surface area contributed by atoms with E-state index in [1.807, 2.05) is 44.2 Å². The van der Waals surface area contributed by atoms with E-state index in [1.54, 1.807) is 15.5 Å². The average molecular weight is 547 g/mol. The maximum absolute atomic E-state index is 13.2. The highest BCUT2D eigenvalue weighted by Gasteiger charge is 2.37. The predicted molar refractivity (Wildman–Crippen MR) is 147 cm³/mol. The highest BCUT2D eigenvalue weighted by Crippen LogP contribution is 2.36. The molecule has 2 aromatic carbocycles. The van der Waals surface area contributed by atoms with E-state index >= 15 is 0 Å². The number of imide groups is 1. The summed E-state index contributed by atoms with van der Waals surface area (Å²) in [5.74, 6) is -0.342. The second-order valence-electron chi connectivity index (χ2n) is 9.38. The molecule has 0 saturated carbocycles. The van der Waals surface area contributed by atoms with Gasteiger partial charge in [-0.2, -0.15) is 0 Å². The van der Waals surface area contributed by atoms with Crippen molar-refractivity contribution in [2.75, 3.05) is 20.2 Å². The lowest BCUT2D eigenvalue weighted by Crippen LogP contribution is -2.44. The van der Waals surface area contributed by atoms with Crippen LogP contribution in [-0.4, -0.2) is 56.5 Å². The number of methoxy groups -OCH3 is 1. The highest BCUT2D eigenvalue weighted by molar-refractivity contribution is 8.18. The molecule has 0 radical (unpaired) electrons. The molecule has 0 bridgehead atoms. The van der Waals surface area contributed by atoms with Gasteiger partial charge in [0, 0.05) is 36.6 Å². The Hall–Kier alpha value is -4.38. The van der Waals surface area contributed by atoms with Crippen molar-refractivity contribution in [3.63, 3.8) is 0 Å². The van der Waals surface area contributed by atoms with Crippen LogP contribution in [0.5, 0.6) is 5.75 Å². The van der Waals surface area contributed by atoms with Gasteiger partial charge in [0.2, 0.25) is 5.91 Å². The summed E-state index contributed by atoms with van der Waals surface area (Å²) in [7, 11) is 1.49. The van der Waals surface area contributed by atoms with E-state index in [0.29, 0.717) is 35.8 Å². The van der Waals surface area contributed by atoms with Crippen molar-refractivity contribution in [3.8, 4) is 11.4 Å². The average Bonchev–Trinajstić information content (AvgIpc) is 3.36. The van der Waals surface area contributed by atoms with E-state index in [1.165, 1.54) is 30.9 Å². The summed E-state index contributed by atoms with van der Waals surface area (Å²) in [6, 6.07) is 14.1. The Kier molecular flexibility index (Phi) is 7.00. The Balaban J connectivity index is 1.37. The fourth-order valence-electron chi connectivity index (χ4n) is 4.99. The maximum Gasteiger partial charge on any atom is 0.294 e. The number of carbonyl (C=O) groups is 3. The van der Waals surface area contributed by atoms with Gasteiger partial charge in [-0.3, -0.25) is 29.4 Å². The van der Waals surface area contributed by atoms with E-state index in [2.05, 4.69) is 0 Å². The smallest absolute Gasteiger partial charge is 0.294 e. The van der Waals surface area contributed by atoms with Crippen molar-refractivity contribution in [3.05, 3.63) is 91.6 Å². The number of hydrogen-bond donors (Lipinski definition) is 0. The van der Waals surface area contributed by atoms with Crippen LogP contribution in [0.25, 0.3) is 11.8 Å². The summed E-state index contributed by atoms with van der Waals surface area (Å²) < 4.78 is 7.24. The van der Waals surface area contributed by atoms with Crippen molar-refractivity contribution in [2.24, 2.45) is 0 Å². The number of aromatic nitrogens is 1. The van der Waals surface area contributed by atoms with Gasteiger partial charge in [0.15, 0.2) is 0 Å². The topological polar surface area (TPSA) is 115 Å². The molecule has 3 aromatic rings. The Morgan fingerprint density at radius 1 is 1.13 bits per heavy atom. The molecule has 0 spiro atoms. The van der Waals surface area contributed by atoms with Gasteiger partial charge in [-0.25, -0.2) is 0 Å². The Labute approximate surface area is 229 Å². The molecule has 3 heterocycles. The van der Waals surface area contributed by atoms with E-state index in [9.17, 15) is 24.5 Å². The molecule has 3 amide bonds. The number of benzene rings is 2. The van der Waals surface area contributed by atoms with Gasteiger partial charge in [-0.1, -0.05) is 24.3 Å². The molecule has 0 unspecified atom stereocenters. The zero-order valence-electron chi connectivity index (χ0n) is 21.7. The predicted octanol–water partition coefficient (Wildman–Crippen LogP) is 4.63. The third kappa shape index (κ3) is 4.92. The Morgan fingerprint density at radius 2 is 1.87 bits per heavy atom. The molecule has 39 heavy (non-hydrogen) atoms. The number of nitro groups is 1. The van der Waals surface area contributed by atoms with Gasteiger partial charge in [-0.15, -0.1) is 0 Å². The minimum Gasteiger partial charge on any atom is -0.495 e. The third-order valence-corrected chi connectivity index (χ3v) is 7.93. The van der Waals surface area contributed by atoms with Crippen LogP contribution in [0.15, 0.2) is 53.4 Å². The summed E-state index contributed by atoms with van der Waals surface area (Å²) in [5.41, 5.74) is 4.83. The molecule has 1 fully saturated rings. The lowest BCUT2D eigenvalue weighted by atomic mass is 10.00. The number of nitro benzene ring substituents is 1. The van der Waals surface area contributed by atoms with E-state index in [4.69, 9.17) is 4.74 Å². The van der Waals surface area contributed by atoms with Gasteiger partial charge in [0.05, 0.1) is 22.6 Å². The number of ether oxygens (including phenoxy) is 1. The van der Waals surface area contributed by atoms with Crippen LogP contribution in [0.1, 0.15) is 28.1 Å². The molecule has 0 aliphatic carbocycles. The van der Waals surface area contributed by atoms with Crippen LogP contribution < -0.4 is 4.74 Å². The lowest BCUT2D eigenvalue weighted by molar-refractivity contribution is -0.384. The van der Waals surface area contributed by atoms with Crippen LogP contribution in [0.3, 0.4) is 0 Å². The monoisotopic (exact) mass is 546 g/mol. The minimum atomic E-state index is -0.520. The molecule has 11 heteroatoms. The molecule has 1 aromatic heterocycles. The first-order valence-corrected chi connectivity index (χ1v) is 13.1. The molecule has 1 saturated heterocycles. The fourth-order valence-corrected chi connectivity index (χ4v) is 5.82. The van der Waals surface area contributed by atoms with E-state index in [-0.39, 0.29) is 23.0 Å². The van der Waals surface area contributed by atoms with Crippen molar-refractivity contribution >= 4 is 40.6 Å². The van der Waals surface area contributed by atoms with Crippen molar-refractivity contribution in [2.45, 2.75) is 26.8 Å². The number of nitrogens with zero attached hydrogens (tertiary/aromatic N) is 4. The van der Waals surface area contributed by atoms with Crippen molar-refractivity contribution in [1.29, 1.82) is 0 Å². The van der Waals surface area contributed by atoms with E-state index < -0.39 is 16.1 Å². The third-order valence-electron chi connectivity index (χ3n) is 7.02. The summed E-state index contributed by atoms with van der Waals surface area (Å²) >= 11 is 0.792. The summed E-state index contributed by atoms with van der Waals surface area (Å²) in [6.07, 6.45) is 2.35. The highest BCUT2D eigenvalue weighted by atomic mass is 32.2. The normalized spacial score (nSPS) is 16.1. The maximum atomic E-state index is 13.2. The summed E-state index contributed by atoms with van der Waals surface area (Å²) in [4.78, 5) is 52.7. The number of fused-ring (bicyclic) bond motifs is 1. The molecular formula is C28H26N4O6S. The number of aryl methyl sites for hydroxylation is 1. The van der Waals surface area contributed by atoms with Crippen LogP contribution in [-0.2, 0) is 22.6 Å². The number of carbonyl (C=O) groups excluding carboxylic acids is 3.